The monoisotopic (exact) mass is 299 g/mol. The van der Waals surface area contributed by atoms with Crippen LogP contribution in [0.3, 0.4) is 0 Å². The van der Waals surface area contributed by atoms with E-state index in [1.165, 1.54) is 6.20 Å². The Balaban J connectivity index is 1.99. The van der Waals surface area contributed by atoms with Gasteiger partial charge in [-0.05, 0) is 31.4 Å². The first-order chi connectivity index (χ1) is 10.2. The number of carbonyl (C=O) groups excluding carboxylic acids is 1. The number of pyridine rings is 1. The Bertz CT molecular complexity index is 814. The molecule has 21 heavy (non-hydrogen) atoms. The topological polar surface area (TPSA) is 65.0 Å². The summed E-state index contributed by atoms with van der Waals surface area (Å²) in [6, 6.07) is 3.98. The van der Waals surface area contributed by atoms with Crippen LogP contribution in [0.2, 0.25) is 0 Å². The summed E-state index contributed by atoms with van der Waals surface area (Å²) in [4.78, 5) is 24.8. The molecule has 3 rings (SSSR count). The van der Waals surface area contributed by atoms with E-state index >= 15 is 0 Å². The van der Waals surface area contributed by atoms with Gasteiger partial charge in [0.25, 0.3) is 0 Å². The molecule has 3 aromatic heterocycles. The molecule has 3 heterocycles. The van der Waals surface area contributed by atoms with Crippen molar-refractivity contribution in [3.05, 3.63) is 41.2 Å². The van der Waals surface area contributed by atoms with Crippen molar-refractivity contribution < 1.29 is 9.53 Å². The molecule has 0 fully saturated rings. The van der Waals surface area contributed by atoms with Crippen molar-refractivity contribution >= 4 is 27.5 Å². The molecule has 0 saturated carbocycles. The van der Waals surface area contributed by atoms with Gasteiger partial charge in [0.2, 0.25) is 0 Å². The second kappa shape index (κ2) is 5.57. The zero-order chi connectivity index (χ0) is 14.8. The summed E-state index contributed by atoms with van der Waals surface area (Å²) in [5, 5.41) is 2.00. The highest BCUT2D eigenvalue weighted by Crippen LogP contribution is 2.24. The van der Waals surface area contributed by atoms with Crippen LogP contribution >= 0.6 is 11.3 Å². The maximum absolute atomic E-state index is 11.7. The summed E-state index contributed by atoms with van der Waals surface area (Å²) >= 11 is 1.62. The molecule has 0 atom stereocenters. The highest BCUT2D eigenvalue weighted by molar-refractivity contribution is 7.17. The number of carbonyl (C=O) groups is 1. The normalized spacial score (nSPS) is 10.8. The van der Waals surface area contributed by atoms with Crippen LogP contribution in [0, 0.1) is 6.92 Å². The summed E-state index contributed by atoms with van der Waals surface area (Å²) in [7, 11) is 0. The van der Waals surface area contributed by atoms with E-state index in [2.05, 4.69) is 15.0 Å². The smallest absolute Gasteiger partial charge is 0.341 e. The van der Waals surface area contributed by atoms with Gasteiger partial charge in [-0.25, -0.2) is 14.8 Å². The van der Waals surface area contributed by atoms with Gasteiger partial charge in [-0.15, -0.1) is 11.3 Å². The molecule has 3 aromatic rings. The fourth-order valence-corrected chi connectivity index (χ4v) is 2.76. The predicted molar refractivity (Wildman–Crippen MR) is 81.3 cm³/mol. The van der Waals surface area contributed by atoms with E-state index in [9.17, 15) is 4.79 Å². The zero-order valence-corrected chi connectivity index (χ0v) is 12.5. The van der Waals surface area contributed by atoms with Crippen molar-refractivity contribution in [2.45, 2.75) is 13.8 Å². The molecule has 0 unspecified atom stereocenters. The van der Waals surface area contributed by atoms with Gasteiger partial charge in [-0.1, -0.05) is 0 Å². The van der Waals surface area contributed by atoms with E-state index in [1.54, 1.807) is 31.4 Å². The van der Waals surface area contributed by atoms with Crippen molar-refractivity contribution in [2.75, 3.05) is 6.61 Å². The van der Waals surface area contributed by atoms with Crippen LogP contribution in [0.25, 0.3) is 21.6 Å². The van der Waals surface area contributed by atoms with Crippen molar-refractivity contribution in [3.8, 4) is 11.4 Å². The van der Waals surface area contributed by atoms with Crippen LogP contribution in [0.15, 0.2) is 29.9 Å². The Hall–Kier alpha value is -2.34. The molecule has 106 valence electrons. The first-order valence-corrected chi connectivity index (χ1v) is 7.41. The number of aromatic nitrogens is 3. The Morgan fingerprint density at radius 2 is 2.19 bits per heavy atom. The van der Waals surface area contributed by atoms with Gasteiger partial charge in [-0.3, -0.25) is 4.98 Å². The standard InChI is InChI=1S/C15H13N3O2S/c1-3-20-15(19)11-8-17-14(18-9(11)2)10-6-13-12(16-7-10)4-5-21-13/h4-8H,3H2,1-2H3. The minimum absolute atomic E-state index is 0.332. The quantitative estimate of drug-likeness (QED) is 0.695. The third kappa shape index (κ3) is 2.62. The number of hydrogen-bond acceptors (Lipinski definition) is 6. The maximum atomic E-state index is 11.7. The molecular formula is C15H13N3O2S. The fourth-order valence-electron chi connectivity index (χ4n) is 1.98. The molecule has 0 N–H and O–H groups in total. The summed E-state index contributed by atoms with van der Waals surface area (Å²) in [6.07, 6.45) is 3.25. The van der Waals surface area contributed by atoms with Gasteiger partial charge >= 0.3 is 5.97 Å². The van der Waals surface area contributed by atoms with E-state index in [4.69, 9.17) is 4.74 Å². The number of nitrogens with zero attached hydrogens (tertiary/aromatic N) is 3. The van der Waals surface area contributed by atoms with Gasteiger partial charge in [0.1, 0.15) is 0 Å². The van der Waals surface area contributed by atoms with Gasteiger partial charge < -0.3 is 4.74 Å². The molecular weight excluding hydrogens is 286 g/mol. The van der Waals surface area contributed by atoms with Crippen LogP contribution < -0.4 is 0 Å². The summed E-state index contributed by atoms with van der Waals surface area (Å²) in [5.74, 6) is 0.164. The van der Waals surface area contributed by atoms with E-state index in [0.717, 1.165) is 15.8 Å². The van der Waals surface area contributed by atoms with Crippen LogP contribution in [0.4, 0.5) is 0 Å². The van der Waals surface area contributed by atoms with Crippen molar-refractivity contribution in [2.24, 2.45) is 0 Å². The lowest BCUT2D eigenvalue weighted by molar-refractivity contribution is 0.0524. The molecule has 0 aliphatic heterocycles. The van der Waals surface area contributed by atoms with Crippen molar-refractivity contribution in [1.82, 2.24) is 15.0 Å². The predicted octanol–water partition coefficient (Wildman–Crippen LogP) is 3.24. The summed E-state index contributed by atoms with van der Waals surface area (Å²) in [5.41, 5.74) is 2.79. The minimum Gasteiger partial charge on any atom is -0.462 e. The number of thiophene rings is 1. The molecule has 0 aromatic carbocycles. The van der Waals surface area contributed by atoms with E-state index in [0.29, 0.717) is 23.7 Å². The molecule has 0 bridgehead atoms. The van der Waals surface area contributed by atoms with Crippen LogP contribution in [0.5, 0.6) is 0 Å². The highest BCUT2D eigenvalue weighted by atomic mass is 32.1. The number of rotatable bonds is 3. The number of ether oxygens (including phenoxy) is 1. The summed E-state index contributed by atoms with van der Waals surface area (Å²) < 4.78 is 6.06. The average Bonchev–Trinajstić information content (AvgIpc) is 2.94. The highest BCUT2D eigenvalue weighted by Gasteiger charge is 2.13. The third-order valence-corrected chi connectivity index (χ3v) is 3.89. The molecule has 0 saturated heterocycles. The molecule has 6 heteroatoms. The minimum atomic E-state index is -0.395. The average molecular weight is 299 g/mol. The number of aryl methyl sites for hydroxylation is 1. The van der Waals surface area contributed by atoms with E-state index in [-0.39, 0.29) is 0 Å². The van der Waals surface area contributed by atoms with Gasteiger partial charge in [0.15, 0.2) is 5.82 Å². The molecule has 0 radical (unpaired) electrons. The lowest BCUT2D eigenvalue weighted by Crippen LogP contribution is -2.09. The van der Waals surface area contributed by atoms with Gasteiger partial charge in [0.05, 0.1) is 28.1 Å². The van der Waals surface area contributed by atoms with E-state index in [1.807, 2.05) is 17.5 Å². The SMILES string of the molecule is CCOC(=O)c1cnc(-c2cnc3ccsc3c2)nc1C. The van der Waals surface area contributed by atoms with Gasteiger partial charge in [0, 0.05) is 18.0 Å². The second-order valence-electron chi connectivity index (χ2n) is 4.44. The first-order valence-electron chi connectivity index (χ1n) is 6.53. The van der Waals surface area contributed by atoms with Crippen LogP contribution in [0.1, 0.15) is 23.0 Å². The van der Waals surface area contributed by atoms with Crippen molar-refractivity contribution in [1.29, 1.82) is 0 Å². The largest absolute Gasteiger partial charge is 0.462 e. The Kier molecular flexibility index (Phi) is 3.62. The van der Waals surface area contributed by atoms with Gasteiger partial charge in [-0.2, -0.15) is 0 Å². The van der Waals surface area contributed by atoms with Crippen LogP contribution in [-0.2, 0) is 4.74 Å². The maximum Gasteiger partial charge on any atom is 0.341 e. The second-order valence-corrected chi connectivity index (χ2v) is 5.39. The summed E-state index contributed by atoms with van der Waals surface area (Å²) in [6.45, 7) is 3.87. The lowest BCUT2D eigenvalue weighted by Gasteiger charge is -2.06. The number of esters is 1. The Morgan fingerprint density at radius 3 is 2.95 bits per heavy atom. The zero-order valence-electron chi connectivity index (χ0n) is 11.7. The Labute approximate surface area is 125 Å². The molecule has 0 spiro atoms. The number of fused-ring (bicyclic) bond motifs is 1. The fraction of sp³-hybridized carbons (Fsp3) is 0.200. The van der Waals surface area contributed by atoms with Crippen molar-refractivity contribution in [3.63, 3.8) is 0 Å². The molecule has 0 aliphatic rings. The third-order valence-electron chi connectivity index (χ3n) is 3.04. The molecule has 5 nitrogen and oxygen atoms in total. The number of hydrogen-bond donors (Lipinski definition) is 0. The molecule has 0 aliphatic carbocycles. The lowest BCUT2D eigenvalue weighted by atomic mass is 10.2. The van der Waals surface area contributed by atoms with E-state index < -0.39 is 5.97 Å². The Morgan fingerprint density at radius 1 is 1.33 bits per heavy atom. The first kappa shape index (κ1) is 13.6. The van der Waals surface area contributed by atoms with Crippen LogP contribution in [-0.4, -0.2) is 27.5 Å². The molecule has 0 amide bonds.